The zero-order valence-corrected chi connectivity index (χ0v) is 8.45. The number of hydrogen-bond donors (Lipinski definition) is 1. The van der Waals surface area contributed by atoms with Crippen LogP contribution in [0.3, 0.4) is 0 Å². The van der Waals surface area contributed by atoms with Gasteiger partial charge in [0.05, 0.1) is 17.3 Å². The molecule has 0 fully saturated rings. The third-order valence-electron chi connectivity index (χ3n) is 2.45. The fourth-order valence-electron chi connectivity index (χ4n) is 1.83. The molecule has 1 atom stereocenters. The quantitative estimate of drug-likeness (QED) is 0.781. The summed E-state index contributed by atoms with van der Waals surface area (Å²) >= 11 is 0. The molecule has 0 radical (unpaired) electrons. The van der Waals surface area contributed by atoms with E-state index in [2.05, 4.69) is 24.1 Å². The van der Waals surface area contributed by atoms with Crippen LogP contribution in [0.4, 0.5) is 5.69 Å². The van der Waals surface area contributed by atoms with Crippen LogP contribution < -0.4 is 5.32 Å². The fourth-order valence-corrected chi connectivity index (χ4v) is 1.83. The third-order valence-corrected chi connectivity index (χ3v) is 2.45. The highest BCUT2D eigenvalue weighted by molar-refractivity contribution is 6.02. The zero-order chi connectivity index (χ0) is 10.1. The van der Waals surface area contributed by atoms with Crippen molar-refractivity contribution in [3.05, 3.63) is 24.0 Å². The summed E-state index contributed by atoms with van der Waals surface area (Å²) in [5.74, 6) is 0.553. The number of rotatable bonds is 2. The molecule has 0 saturated carbocycles. The van der Waals surface area contributed by atoms with Crippen LogP contribution in [0.2, 0.25) is 0 Å². The van der Waals surface area contributed by atoms with E-state index >= 15 is 0 Å². The molecule has 0 spiro atoms. The van der Waals surface area contributed by atoms with Gasteiger partial charge in [0.2, 0.25) is 5.91 Å². The maximum absolute atomic E-state index is 11.6. The molecule has 1 aromatic rings. The topological polar surface area (TPSA) is 42.0 Å². The molecule has 3 nitrogen and oxygen atoms in total. The van der Waals surface area contributed by atoms with Gasteiger partial charge in [-0.25, -0.2) is 0 Å². The Balaban J connectivity index is 0.00000112. The molecule has 1 aromatic heterocycles. The van der Waals surface area contributed by atoms with Crippen molar-refractivity contribution in [1.29, 1.82) is 0 Å². The van der Waals surface area contributed by atoms with E-state index < -0.39 is 0 Å². The summed E-state index contributed by atoms with van der Waals surface area (Å²) < 4.78 is 0. The van der Waals surface area contributed by atoms with Gasteiger partial charge in [0.15, 0.2) is 0 Å². The second-order valence-corrected chi connectivity index (χ2v) is 4.11. The van der Waals surface area contributed by atoms with Crippen LogP contribution in [0.5, 0.6) is 0 Å². The first-order chi connectivity index (χ1) is 6.68. The van der Waals surface area contributed by atoms with Gasteiger partial charge in [0.1, 0.15) is 0 Å². The van der Waals surface area contributed by atoms with Crippen LogP contribution in [0.25, 0.3) is 0 Å². The first kappa shape index (κ1) is 9.19. The minimum absolute atomic E-state index is 0. The lowest BCUT2D eigenvalue weighted by atomic mass is 9.95. The summed E-state index contributed by atoms with van der Waals surface area (Å²) in [6.45, 7) is 4.24. The Labute approximate surface area is 85.0 Å². The van der Waals surface area contributed by atoms with Crippen LogP contribution in [-0.4, -0.2) is 10.9 Å². The summed E-state index contributed by atoms with van der Waals surface area (Å²) in [4.78, 5) is 15.9. The molecule has 76 valence electrons. The second-order valence-electron chi connectivity index (χ2n) is 4.11. The maximum atomic E-state index is 11.6. The number of nitrogens with zero attached hydrogens (tertiary/aromatic N) is 1. The van der Waals surface area contributed by atoms with E-state index in [1.807, 2.05) is 12.1 Å². The number of carbonyl (C=O) groups excluding carboxylic acids is 1. The molecule has 14 heavy (non-hydrogen) atoms. The lowest BCUT2D eigenvalue weighted by Gasteiger charge is -2.09. The van der Waals surface area contributed by atoms with Crippen LogP contribution in [0.15, 0.2) is 18.3 Å². The van der Waals surface area contributed by atoms with Crippen molar-refractivity contribution >= 4 is 11.6 Å². The van der Waals surface area contributed by atoms with E-state index in [-0.39, 0.29) is 13.3 Å². The van der Waals surface area contributed by atoms with Crippen molar-refractivity contribution in [3.63, 3.8) is 0 Å². The van der Waals surface area contributed by atoms with E-state index in [4.69, 9.17) is 0 Å². The Bertz CT molecular complexity index is 365. The van der Waals surface area contributed by atoms with Crippen molar-refractivity contribution in [2.75, 3.05) is 5.32 Å². The molecule has 1 amide bonds. The smallest absolute Gasteiger partial charge is 0.233 e. The normalized spacial score (nSPS) is 19.6. The average Bonchev–Trinajstić information content (AvgIpc) is 2.43. The number of anilines is 1. The third kappa shape index (κ3) is 1.50. The van der Waals surface area contributed by atoms with Crippen molar-refractivity contribution in [2.24, 2.45) is 5.92 Å². The van der Waals surface area contributed by atoms with E-state index in [1.54, 1.807) is 6.20 Å². The van der Waals surface area contributed by atoms with E-state index in [9.17, 15) is 4.79 Å². The van der Waals surface area contributed by atoms with E-state index in [0.717, 1.165) is 17.8 Å². The van der Waals surface area contributed by atoms with Gasteiger partial charge in [0.25, 0.3) is 0 Å². The van der Waals surface area contributed by atoms with Gasteiger partial charge in [-0.1, -0.05) is 13.8 Å². The number of aromatic nitrogens is 1. The Kier molecular flexibility index (Phi) is 2.23. The predicted octanol–water partition coefficient (Wildman–Crippen LogP) is 2.41. The maximum Gasteiger partial charge on any atom is 0.233 e. The predicted molar refractivity (Wildman–Crippen MR) is 57.2 cm³/mol. The highest BCUT2D eigenvalue weighted by atomic mass is 16.2. The van der Waals surface area contributed by atoms with Crippen molar-refractivity contribution in [2.45, 2.75) is 26.2 Å². The summed E-state index contributed by atoms with van der Waals surface area (Å²) in [5, 5.41) is 2.85. The number of carbonyl (C=O) groups is 1. The standard InChI is InChI=1S/C11H14N2O.H2/c1-7(2)6-8-10-9(13-11(8)14)4-3-5-12-10;/h3-5,7-8H,6H2,1-2H3,(H,13,14);1H. The summed E-state index contributed by atoms with van der Waals surface area (Å²) in [6, 6.07) is 3.75. The van der Waals surface area contributed by atoms with Crippen LogP contribution in [-0.2, 0) is 4.79 Å². The highest BCUT2D eigenvalue weighted by Crippen LogP contribution is 2.34. The lowest BCUT2D eigenvalue weighted by Crippen LogP contribution is -2.14. The van der Waals surface area contributed by atoms with Crippen LogP contribution in [0, 0.1) is 5.92 Å². The van der Waals surface area contributed by atoms with E-state index in [1.165, 1.54) is 0 Å². The number of nitrogens with one attached hydrogen (secondary N) is 1. The number of pyridine rings is 1. The summed E-state index contributed by atoms with van der Waals surface area (Å²) in [5.41, 5.74) is 1.79. The highest BCUT2D eigenvalue weighted by Gasteiger charge is 2.31. The molecule has 2 heterocycles. The van der Waals surface area contributed by atoms with Gasteiger partial charge < -0.3 is 5.32 Å². The van der Waals surface area contributed by atoms with Crippen LogP contribution in [0.1, 0.15) is 33.3 Å². The molecule has 1 unspecified atom stereocenters. The van der Waals surface area contributed by atoms with Gasteiger partial charge >= 0.3 is 0 Å². The first-order valence-electron chi connectivity index (χ1n) is 4.94. The molecular weight excluding hydrogens is 176 g/mol. The Morgan fingerprint density at radius 1 is 1.64 bits per heavy atom. The zero-order valence-electron chi connectivity index (χ0n) is 8.45. The second kappa shape index (κ2) is 3.40. The molecule has 0 aromatic carbocycles. The Morgan fingerprint density at radius 2 is 2.43 bits per heavy atom. The van der Waals surface area contributed by atoms with E-state index in [0.29, 0.717) is 5.92 Å². The molecule has 1 N–H and O–H groups in total. The van der Waals surface area contributed by atoms with Crippen molar-refractivity contribution in [1.82, 2.24) is 4.98 Å². The molecule has 1 aliphatic rings. The van der Waals surface area contributed by atoms with Gasteiger partial charge in [0, 0.05) is 7.62 Å². The molecule has 1 aliphatic heterocycles. The number of hydrogen-bond acceptors (Lipinski definition) is 2. The summed E-state index contributed by atoms with van der Waals surface area (Å²) in [7, 11) is 0. The number of fused-ring (bicyclic) bond motifs is 1. The SMILES string of the molecule is CC(C)CC1C(=O)Nc2cccnc21.[HH]. The first-order valence-corrected chi connectivity index (χ1v) is 4.94. The lowest BCUT2D eigenvalue weighted by molar-refractivity contribution is -0.117. The molecule has 0 aliphatic carbocycles. The minimum Gasteiger partial charge on any atom is -0.324 e. The average molecular weight is 192 g/mol. The monoisotopic (exact) mass is 192 g/mol. The number of amides is 1. The summed E-state index contributed by atoms with van der Waals surface area (Å²) in [6.07, 6.45) is 2.61. The largest absolute Gasteiger partial charge is 0.324 e. The van der Waals surface area contributed by atoms with Crippen molar-refractivity contribution < 1.29 is 6.22 Å². The molecule has 0 bridgehead atoms. The molecular formula is C11H16N2O. The molecule has 3 heteroatoms. The van der Waals surface area contributed by atoms with Crippen molar-refractivity contribution in [3.8, 4) is 0 Å². The molecule has 0 saturated heterocycles. The van der Waals surface area contributed by atoms with Gasteiger partial charge in [-0.2, -0.15) is 0 Å². The Morgan fingerprint density at radius 3 is 3.14 bits per heavy atom. The van der Waals surface area contributed by atoms with Crippen LogP contribution >= 0.6 is 0 Å². The minimum atomic E-state index is -0.0498. The van der Waals surface area contributed by atoms with Gasteiger partial charge in [-0.15, -0.1) is 0 Å². The molecule has 2 rings (SSSR count). The Hall–Kier alpha value is -1.38. The van der Waals surface area contributed by atoms with Gasteiger partial charge in [-0.05, 0) is 24.5 Å². The fraction of sp³-hybridized carbons (Fsp3) is 0.455. The van der Waals surface area contributed by atoms with Gasteiger partial charge in [-0.3, -0.25) is 9.78 Å².